The van der Waals surface area contributed by atoms with Crippen LogP contribution in [0.3, 0.4) is 0 Å². The second-order valence-electron chi connectivity index (χ2n) is 9.88. The largest absolute Gasteiger partial charge is 0.491 e. The van der Waals surface area contributed by atoms with E-state index >= 15 is 0 Å². The summed E-state index contributed by atoms with van der Waals surface area (Å²) in [6.45, 7) is 3.77. The highest BCUT2D eigenvalue weighted by atomic mass is 19.1. The summed E-state index contributed by atoms with van der Waals surface area (Å²) in [6.07, 6.45) is 2.00. The van der Waals surface area contributed by atoms with E-state index in [1.54, 1.807) is 47.4 Å². The summed E-state index contributed by atoms with van der Waals surface area (Å²) in [5, 5.41) is 0. The minimum atomic E-state index is -0.411. The van der Waals surface area contributed by atoms with Crippen molar-refractivity contribution in [1.82, 2.24) is 9.80 Å². The Kier molecular flexibility index (Phi) is 8.59. The SMILES string of the molecule is CCN1CCCCN(C(=O)c2ccc(-c3ccccc3F)o2)[C@H](Cc2ccccc2)COc2ccccc2C1=O. The van der Waals surface area contributed by atoms with Gasteiger partial charge in [0.05, 0.1) is 17.2 Å². The fourth-order valence-corrected chi connectivity index (χ4v) is 5.11. The fourth-order valence-electron chi connectivity index (χ4n) is 5.11. The third-order valence-corrected chi connectivity index (χ3v) is 7.27. The lowest BCUT2D eigenvalue weighted by molar-refractivity contribution is 0.0559. The second kappa shape index (κ2) is 12.6. The van der Waals surface area contributed by atoms with E-state index in [1.807, 2.05) is 54.3 Å². The lowest BCUT2D eigenvalue weighted by atomic mass is 10.0. The Labute approximate surface area is 234 Å². The molecule has 0 radical (unpaired) electrons. The van der Waals surface area contributed by atoms with Crippen LogP contribution in [-0.4, -0.2) is 53.9 Å². The highest BCUT2D eigenvalue weighted by molar-refractivity contribution is 5.97. The smallest absolute Gasteiger partial charge is 0.289 e. The van der Waals surface area contributed by atoms with Crippen LogP contribution in [0, 0.1) is 5.82 Å². The number of rotatable bonds is 5. The highest BCUT2D eigenvalue weighted by Gasteiger charge is 2.29. The molecule has 1 aliphatic rings. The number of hydrogen-bond acceptors (Lipinski definition) is 4. The number of benzene rings is 3. The van der Waals surface area contributed by atoms with Crippen LogP contribution in [0.2, 0.25) is 0 Å². The molecule has 1 atom stereocenters. The quantitative estimate of drug-likeness (QED) is 0.291. The number of halogens is 1. The fraction of sp³-hybridized carbons (Fsp3) is 0.273. The van der Waals surface area contributed by atoms with Crippen molar-refractivity contribution < 1.29 is 23.1 Å². The maximum absolute atomic E-state index is 14.4. The zero-order valence-corrected chi connectivity index (χ0v) is 22.6. The van der Waals surface area contributed by atoms with Crippen LogP contribution in [0.4, 0.5) is 4.39 Å². The van der Waals surface area contributed by atoms with Gasteiger partial charge in [0.15, 0.2) is 5.76 Å². The molecule has 0 fully saturated rings. The molecule has 0 aliphatic carbocycles. The van der Waals surface area contributed by atoms with Crippen molar-refractivity contribution in [3.05, 3.63) is 114 Å². The van der Waals surface area contributed by atoms with Crippen LogP contribution in [0.15, 0.2) is 95.4 Å². The Morgan fingerprint density at radius 1 is 0.875 bits per heavy atom. The van der Waals surface area contributed by atoms with E-state index in [1.165, 1.54) is 6.07 Å². The first-order valence-corrected chi connectivity index (χ1v) is 13.8. The molecule has 5 rings (SSSR count). The van der Waals surface area contributed by atoms with Crippen LogP contribution >= 0.6 is 0 Å². The third kappa shape index (κ3) is 6.09. The van der Waals surface area contributed by atoms with Crippen molar-refractivity contribution in [3.63, 3.8) is 0 Å². The standard InChI is InChI=1S/C33H33FN2O4/c1-2-35-20-10-11-21-36(33(38)31-19-18-30(40-31)26-14-6-8-16-28(26)34)25(22-24-12-4-3-5-13-24)23-39-29-17-9-7-15-27(29)32(35)37/h3-9,12-19,25H,2,10-11,20-23H2,1H3/t25-/m1/s1. The minimum Gasteiger partial charge on any atom is -0.491 e. The molecule has 1 aromatic heterocycles. The van der Waals surface area contributed by atoms with Crippen LogP contribution < -0.4 is 4.74 Å². The zero-order valence-electron chi connectivity index (χ0n) is 22.6. The van der Waals surface area contributed by atoms with Gasteiger partial charge in [-0.25, -0.2) is 4.39 Å². The third-order valence-electron chi connectivity index (χ3n) is 7.27. The van der Waals surface area contributed by atoms with E-state index < -0.39 is 5.82 Å². The minimum absolute atomic E-state index is 0.0533. The van der Waals surface area contributed by atoms with E-state index in [0.717, 1.165) is 12.0 Å². The molecule has 0 N–H and O–H groups in total. The van der Waals surface area contributed by atoms with Crippen molar-refractivity contribution in [2.45, 2.75) is 32.2 Å². The molecule has 2 amide bonds. The van der Waals surface area contributed by atoms with Gasteiger partial charge in [0.1, 0.15) is 23.9 Å². The van der Waals surface area contributed by atoms with E-state index in [4.69, 9.17) is 9.15 Å². The Bertz CT molecular complexity index is 1450. The van der Waals surface area contributed by atoms with Gasteiger partial charge in [-0.3, -0.25) is 9.59 Å². The molecular weight excluding hydrogens is 507 g/mol. The van der Waals surface area contributed by atoms with Gasteiger partial charge >= 0.3 is 0 Å². The van der Waals surface area contributed by atoms with Gasteiger partial charge < -0.3 is 19.0 Å². The van der Waals surface area contributed by atoms with Gasteiger partial charge in [-0.1, -0.05) is 54.6 Å². The first-order chi connectivity index (χ1) is 19.5. The van der Waals surface area contributed by atoms with Crippen molar-refractivity contribution in [2.75, 3.05) is 26.2 Å². The van der Waals surface area contributed by atoms with E-state index in [0.29, 0.717) is 55.1 Å². The van der Waals surface area contributed by atoms with Gasteiger partial charge in [-0.2, -0.15) is 0 Å². The molecule has 0 spiro atoms. The Morgan fingerprint density at radius 2 is 1.57 bits per heavy atom. The Hall–Kier alpha value is -4.39. The summed E-state index contributed by atoms with van der Waals surface area (Å²) in [6, 6.07) is 26.5. The number of fused-ring (bicyclic) bond motifs is 1. The highest BCUT2D eigenvalue weighted by Crippen LogP contribution is 2.27. The number of carbonyl (C=O) groups excluding carboxylic acids is 2. The van der Waals surface area contributed by atoms with Crippen LogP contribution in [0.25, 0.3) is 11.3 Å². The van der Waals surface area contributed by atoms with E-state index in [2.05, 4.69) is 0 Å². The van der Waals surface area contributed by atoms with Gasteiger partial charge in [-0.05, 0) is 68.1 Å². The maximum Gasteiger partial charge on any atom is 0.289 e. The molecule has 2 heterocycles. The van der Waals surface area contributed by atoms with Crippen LogP contribution in [0.5, 0.6) is 5.75 Å². The van der Waals surface area contributed by atoms with Gasteiger partial charge in [-0.15, -0.1) is 0 Å². The van der Waals surface area contributed by atoms with Crippen LogP contribution in [0.1, 0.15) is 46.2 Å². The molecule has 3 aromatic carbocycles. The molecule has 1 aliphatic heterocycles. The van der Waals surface area contributed by atoms with E-state index in [-0.39, 0.29) is 30.2 Å². The topological polar surface area (TPSA) is 63.0 Å². The van der Waals surface area contributed by atoms with Gasteiger partial charge in [0.2, 0.25) is 0 Å². The predicted octanol–water partition coefficient (Wildman–Crippen LogP) is 6.47. The molecular formula is C33H33FN2O4. The average molecular weight is 541 g/mol. The number of amides is 2. The Morgan fingerprint density at radius 3 is 2.35 bits per heavy atom. The maximum atomic E-state index is 14.4. The number of para-hydroxylation sites is 1. The van der Waals surface area contributed by atoms with Gasteiger partial charge in [0.25, 0.3) is 11.8 Å². The van der Waals surface area contributed by atoms with Crippen LogP contribution in [-0.2, 0) is 6.42 Å². The van der Waals surface area contributed by atoms with Gasteiger partial charge in [0, 0.05) is 19.6 Å². The van der Waals surface area contributed by atoms with Crippen molar-refractivity contribution in [3.8, 4) is 17.1 Å². The molecule has 6 nitrogen and oxygen atoms in total. The monoisotopic (exact) mass is 540 g/mol. The average Bonchev–Trinajstić information content (AvgIpc) is 3.47. The number of nitrogens with zero attached hydrogens (tertiary/aromatic N) is 2. The molecule has 0 saturated heterocycles. The number of furan rings is 1. The molecule has 40 heavy (non-hydrogen) atoms. The number of hydrogen-bond donors (Lipinski definition) is 0. The molecule has 206 valence electrons. The normalized spacial score (nSPS) is 16.4. The second-order valence-corrected chi connectivity index (χ2v) is 9.88. The van der Waals surface area contributed by atoms with E-state index in [9.17, 15) is 14.0 Å². The summed E-state index contributed by atoms with van der Waals surface area (Å²) < 4.78 is 26.6. The first kappa shape index (κ1) is 27.2. The molecule has 0 saturated carbocycles. The lowest BCUT2D eigenvalue weighted by Gasteiger charge is -2.33. The molecule has 4 aromatic rings. The summed E-state index contributed by atoms with van der Waals surface area (Å²) in [7, 11) is 0. The molecule has 0 bridgehead atoms. The van der Waals surface area contributed by atoms with Crippen molar-refractivity contribution in [2.24, 2.45) is 0 Å². The number of carbonyl (C=O) groups is 2. The number of ether oxygens (including phenoxy) is 1. The van der Waals surface area contributed by atoms with Crippen molar-refractivity contribution >= 4 is 11.8 Å². The molecule has 0 unspecified atom stereocenters. The predicted molar refractivity (Wildman–Crippen MR) is 152 cm³/mol. The lowest BCUT2D eigenvalue weighted by Crippen LogP contribution is -2.46. The summed E-state index contributed by atoms with van der Waals surface area (Å²) in [4.78, 5) is 30.9. The summed E-state index contributed by atoms with van der Waals surface area (Å²) >= 11 is 0. The Balaban J connectivity index is 1.49. The summed E-state index contributed by atoms with van der Waals surface area (Å²) in [5.74, 6) is 0.207. The summed E-state index contributed by atoms with van der Waals surface area (Å²) in [5.41, 5.74) is 1.89. The van der Waals surface area contributed by atoms with Crippen molar-refractivity contribution in [1.29, 1.82) is 0 Å². The zero-order chi connectivity index (χ0) is 27.9. The first-order valence-electron chi connectivity index (χ1n) is 13.8. The molecule has 7 heteroatoms.